The second-order valence-corrected chi connectivity index (χ2v) is 5.63. The van der Waals surface area contributed by atoms with Gasteiger partial charge in [0.15, 0.2) is 5.82 Å². The van der Waals surface area contributed by atoms with Crippen molar-refractivity contribution in [2.24, 2.45) is 0 Å². The Morgan fingerprint density at radius 2 is 1.96 bits per heavy atom. The Labute approximate surface area is 140 Å². The molecule has 0 aliphatic carbocycles. The predicted octanol–water partition coefficient (Wildman–Crippen LogP) is 3.84. The molecule has 0 spiro atoms. The lowest BCUT2D eigenvalue weighted by atomic mass is 10.1. The lowest BCUT2D eigenvalue weighted by molar-refractivity contribution is -0.384. The molecule has 2 rings (SSSR count). The van der Waals surface area contributed by atoms with E-state index in [0.717, 1.165) is 17.2 Å². The summed E-state index contributed by atoms with van der Waals surface area (Å²) in [7, 11) is 1.62. The van der Waals surface area contributed by atoms with Crippen LogP contribution < -0.4 is 11.1 Å². The van der Waals surface area contributed by atoms with Crippen molar-refractivity contribution in [2.75, 3.05) is 18.2 Å². The third-order valence-corrected chi connectivity index (χ3v) is 4.06. The van der Waals surface area contributed by atoms with Crippen molar-refractivity contribution < 1.29 is 14.1 Å². The van der Waals surface area contributed by atoms with Gasteiger partial charge in [-0.05, 0) is 27.1 Å². The van der Waals surface area contributed by atoms with Crippen LogP contribution in [0.2, 0.25) is 0 Å². The molecule has 6 nitrogen and oxygen atoms in total. The second-order valence-electron chi connectivity index (χ2n) is 4.84. The lowest BCUT2D eigenvalue weighted by Gasteiger charge is -2.12. The van der Waals surface area contributed by atoms with E-state index in [4.69, 9.17) is 10.5 Å². The van der Waals surface area contributed by atoms with E-state index >= 15 is 0 Å². The van der Waals surface area contributed by atoms with E-state index in [1.54, 1.807) is 7.11 Å². The molecular formula is C15H15BrFN3O3. The van der Waals surface area contributed by atoms with Gasteiger partial charge in [-0.1, -0.05) is 24.3 Å². The van der Waals surface area contributed by atoms with Crippen molar-refractivity contribution in [3.63, 3.8) is 0 Å². The number of nitro groups is 1. The molecule has 0 aliphatic heterocycles. The molecule has 0 fully saturated rings. The third kappa shape index (κ3) is 3.96. The summed E-state index contributed by atoms with van der Waals surface area (Å²) in [6.07, 6.45) is 0. The summed E-state index contributed by atoms with van der Waals surface area (Å²) in [5.74, 6) is -0.742. The van der Waals surface area contributed by atoms with Gasteiger partial charge in [0.1, 0.15) is 5.69 Å². The minimum Gasteiger partial charge on any atom is -0.392 e. The zero-order valence-electron chi connectivity index (χ0n) is 12.3. The van der Waals surface area contributed by atoms with Crippen molar-refractivity contribution in [3.8, 4) is 0 Å². The predicted molar refractivity (Wildman–Crippen MR) is 89.6 cm³/mol. The molecule has 2 aromatic rings. The maximum Gasteiger partial charge on any atom is 0.296 e. The Balaban J connectivity index is 2.17. The van der Waals surface area contributed by atoms with Gasteiger partial charge in [-0.3, -0.25) is 10.1 Å². The highest BCUT2D eigenvalue weighted by molar-refractivity contribution is 9.10. The van der Waals surface area contributed by atoms with Crippen molar-refractivity contribution in [3.05, 3.63) is 61.9 Å². The van der Waals surface area contributed by atoms with Gasteiger partial charge in [-0.15, -0.1) is 0 Å². The quantitative estimate of drug-likeness (QED) is 0.449. The Bertz CT molecular complexity index is 723. The molecule has 0 bridgehead atoms. The topological polar surface area (TPSA) is 90.4 Å². The summed E-state index contributed by atoms with van der Waals surface area (Å²) in [5, 5.41) is 13.7. The highest BCUT2D eigenvalue weighted by Crippen LogP contribution is 2.38. The number of nitrogens with one attached hydrogen (secondary N) is 1. The first kappa shape index (κ1) is 17.2. The van der Waals surface area contributed by atoms with E-state index < -0.39 is 16.4 Å². The maximum absolute atomic E-state index is 14.0. The molecule has 0 heterocycles. The van der Waals surface area contributed by atoms with E-state index in [-0.39, 0.29) is 15.8 Å². The summed E-state index contributed by atoms with van der Waals surface area (Å²) < 4.78 is 19.2. The van der Waals surface area contributed by atoms with Gasteiger partial charge < -0.3 is 15.8 Å². The fourth-order valence-corrected chi connectivity index (χ4v) is 2.58. The average Bonchev–Trinajstić information content (AvgIpc) is 2.52. The van der Waals surface area contributed by atoms with Crippen LogP contribution in [0.25, 0.3) is 0 Å². The lowest BCUT2D eigenvalue weighted by Crippen LogP contribution is -2.06. The zero-order valence-corrected chi connectivity index (χ0v) is 13.9. The number of nitro benzene ring substituents is 1. The first-order valence-corrected chi connectivity index (χ1v) is 7.45. The van der Waals surface area contributed by atoms with Crippen molar-refractivity contribution in [1.29, 1.82) is 0 Å². The van der Waals surface area contributed by atoms with Gasteiger partial charge in [-0.2, -0.15) is 0 Å². The van der Waals surface area contributed by atoms with Crippen LogP contribution in [0.15, 0.2) is 34.8 Å². The fraction of sp³-hybridized carbons (Fsp3) is 0.200. The summed E-state index contributed by atoms with van der Waals surface area (Å²) in [6.45, 7) is 0.868. The number of ether oxygens (including phenoxy) is 1. The third-order valence-electron chi connectivity index (χ3n) is 3.23. The molecule has 2 aromatic carbocycles. The molecule has 3 N–H and O–H groups in total. The Morgan fingerprint density at radius 1 is 1.35 bits per heavy atom. The fourth-order valence-electron chi connectivity index (χ4n) is 2.05. The zero-order chi connectivity index (χ0) is 17.0. The number of nitrogens with zero attached hydrogens (tertiary/aromatic N) is 1. The normalized spacial score (nSPS) is 10.6. The highest BCUT2D eigenvalue weighted by Gasteiger charge is 2.21. The number of methoxy groups -OCH3 is 1. The van der Waals surface area contributed by atoms with Crippen LogP contribution in [0.4, 0.5) is 21.5 Å². The first-order valence-electron chi connectivity index (χ1n) is 6.66. The SMILES string of the molecule is COCc1ccc(CNc2c(F)cc([N+](=O)[O-])c(N)c2Br)cc1. The van der Waals surface area contributed by atoms with E-state index in [1.165, 1.54) is 0 Å². The molecular weight excluding hydrogens is 369 g/mol. The average molecular weight is 384 g/mol. The van der Waals surface area contributed by atoms with Crippen LogP contribution in [0.5, 0.6) is 0 Å². The number of nitrogens with two attached hydrogens (primary N) is 1. The number of hydrogen-bond acceptors (Lipinski definition) is 5. The summed E-state index contributed by atoms with van der Waals surface area (Å²) in [4.78, 5) is 10.1. The van der Waals surface area contributed by atoms with Gasteiger partial charge in [-0.25, -0.2) is 4.39 Å². The Morgan fingerprint density at radius 3 is 2.52 bits per heavy atom. The number of halogens is 2. The van der Waals surface area contributed by atoms with Gasteiger partial charge in [0.2, 0.25) is 0 Å². The van der Waals surface area contributed by atoms with Gasteiger partial charge in [0.25, 0.3) is 5.69 Å². The monoisotopic (exact) mass is 383 g/mol. The van der Waals surface area contributed by atoms with Crippen LogP contribution in [0.3, 0.4) is 0 Å². The number of hydrogen-bond donors (Lipinski definition) is 2. The first-order chi connectivity index (χ1) is 10.9. The Kier molecular flexibility index (Phi) is 5.51. The van der Waals surface area contributed by atoms with Gasteiger partial charge >= 0.3 is 0 Å². The van der Waals surface area contributed by atoms with Crippen molar-refractivity contribution in [1.82, 2.24) is 0 Å². The summed E-state index contributed by atoms with van der Waals surface area (Å²) >= 11 is 3.11. The van der Waals surface area contributed by atoms with Crippen LogP contribution in [0.1, 0.15) is 11.1 Å². The summed E-state index contributed by atoms with van der Waals surface area (Å²) in [5.41, 5.74) is 7.13. The molecule has 0 saturated carbocycles. The molecule has 8 heteroatoms. The van der Waals surface area contributed by atoms with Crippen LogP contribution >= 0.6 is 15.9 Å². The molecule has 0 amide bonds. The highest BCUT2D eigenvalue weighted by atomic mass is 79.9. The molecule has 0 aliphatic rings. The number of benzene rings is 2. The van der Waals surface area contributed by atoms with Gasteiger partial charge in [0.05, 0.1) is 27.8 Å². The molecule has 122 valence electrons. The number of nitrogen functional groups attached to an aromatic ring is 1. The smallest absolute Gasteiger partial charge is 0.296 e. The van der Waals surface area contributed by atoms with E-state index in [1.807, 2.05) is 24.3 Å². The molecule has 23 heavy (non-hydrogen) atoms. The molecule has 0 saturated heterocycles. The van der Waals surface area contributed by atoms with Crippen LogP contribution in [-0.4, -0.2) is 12.0 Å². The standard InChI is InChI=1S/C15H15BrFN3O3/c1-23-8-10-4-2-9(3-5-10)7-19-15-11(17)6-12(20(21)22)14(18)13(15)16/h2-6,19H,7-8,18H2,1H3. The summed E-state index contributed by atoms with van der Waals surface area (Å²) in [6, 6.07) is 8.42. The van der Waals surface area contributed by atoms with E-state index in [9.17, 15) is 14.5 Å². The largest absolute Gasteiger partial charge is 0.392 e. The Hall–Kier alpha value is -2.19. The minimum absolute atomic E-state index is 0.0917. The van der Waals surface area contributed by atoms with Crippen molar-refractivity contribution in [2.45, 2.75) is 13.2 Å². The van der Waals surface area contributed by atoms with E-state index in [2.05, 4.69) is 21.2 Å². The molecule has 0 atom stereocenters. The van der Waals surface area contributed by atoms with Crippen molar-refractivity contribution >= 4 is 33.0 Å². The minimum atomic E-state index is -0.742. The molecule has 0 unspecified atom stereocenters. The van der Waals surface area contributed by atoms with Crippen LogP contribution in [-0.2, 0) is 17.9 Å². The second kappa shape index (κ2) is 7.38. The van der Waals surface area contributed by atoms with Gasteiger partial charge in [0, 0.05) is 13.7 Å². The van der Waals surface area contributed by atoms with Crippen LogP contribution in [0, 0.1) is 15.9 Å². The molecule has 0 aromatic heterocycles. The number of rotatable bonds is 6. The van der Waals surface area contributed by atoms with E-state index in [0.29, 0.717) is 13.2 Å². The number of anilines is 2. The maximum atomic E-state index is 14.0. The molecule has 0 radical (unpaired) electrons.